The van der Waals surface area contributed by atoms with Crippen molar-refractivity contribution >= 4 is 0 Å². The lowest BCUT2D eigenvalue weighted by atomic mass is 10.0. The second kappa shape index (κ2) is 6.75. The van der Waals surface area contributed by atoms with Crippen LogP contribution in [0.1, 0.15) is 17.5 Å². The molecule has 0 aromatic heterocycles. The van der Waals surface area contributed by atoms with Gasteiger partial charge in [-0.25, -0.2) is 4.39 Å². The molecule has 0 unspecified atom stereocenters. The van der Waals surface area contributed by atoms with Crippen LogP contribution in [-0.2, 0) is 12.6 Å². The number of alkyl halides is 3. The Bertz CT molecular complexity index is 465. The minimum atomic E-state index is -4.49. The standard InChI is InChI=1S/C15H20F4N2/c1-20-7-9-21(10-8-20)6-2-3-12-4-5-13(16)11-14(12)15(17,18)19/h4-5,11H,2-3,6-10H2,1H3. The highest BCUT2D eigenvalue weighted by Crippen LogP contribution is 2.33. The summed E-state index contributed by atoms with van der Waals surface area (Å²) in [6, 6.07) is 2.94. The van der Waals surface area contributed by atoms with Gasteiger partial charge < -0.3 is 9.80 Å². The van der Waals surface area contributed by atoms with Crippen molar-refractivity contribution in [1.82, 2.24) is 9.80 Å². The fourth-order valence-corrected chi connectivity index (χ4v) is 2.60. The first-order valence-corrected chi connectivity index (χ1v) is 7.13. The van der Waals surface area contributed by atoms with E-state index in [2.05, 4.69) is 16.8 Å². The molecule has 0 spiro atoms. The third-order valence-electron chi connectivity index (χ3n) is 3.89. The Labute approximate surface area is 122 Å². The van der Waals surface area contributed by atoms with Crippen molar-refractivity contribution in [2.24, 2.45) is 0 Å². The lowest BCUT2D eigenvalue weighted by Gasteiger charge is -2.32. The van der Waals surface area contributed by atoms with Crippen molar-refractivity contribution in [1.29, 1.82) is 0 Å². The smallest absolute Gasteiger partial charge is 0.304 e. The van der Waals surface area contributed by atoms with Crippen molar-refractivity contribution in [3.05, 3.63) is 35.1 Å². The minimum Gasteiger partial charge on any atom is -0.304 e. The molecule has 0 N–H and O–H groups in total. The Balaban J connectivity index is 1.91. The first-order valence-electron chi connectivity index (χ1n) is 7.13. The average molecular weight is 304 g/mol. The van der Waals surface area contributed by atoms with Gasteiger partial charge in [0.1, 0.15) is 5.82 Å². The van der Waals surface area contributed by atoms with Crippen LogP contribution in [0.2, 0.25) is 0 Å². The van der Waals surface area contributed by atoms with Gasteiger partial charge in [0, 0.05) is 26.2 Å². The second-order valence-corrected chi connectivity index (χ2v) is 5.55. The Morgan fingerprint density at radius 1 is 1.10 bits per heavy atom. The van der Waals surface area contributed by atoms with Crippen molar-refractivity contribution in [2.45, 2.75) is 19.0 Å². The average Bonchev–Trinajstić information content (AvgIpc) is 2.41. The number of benzene rings is 1. The zero-order chi connectivity index (χ0) is 15.5. The Kier molecular flexibility index (Phi) is 5.22. The van der Waals surface area contributed by atoms with Gasteiger partial charge in [-0.2, -0.15) is 13.2 Å². The van der Waals surface area contributed by atoms with Gasteiger partial charge in [-0.15, -0.1) is 0 Å². The summed E-state index contributed by atoms with van der Waals surface area (Å²) in [5.41, 5.74) is -0.668. The van der Waals surface area contributed by atoms with Crippen LogP contribution in [0.3, 0.4) is 0 Å². The summed E-state index contributed by atoms with van der Waals surface area (Å²) >= 11 is 0. The molecule has 0 radical (unpaired) electrons. The minimum absolute atomic E-state index is 0.179. The molecule has 0 bridgehead atoms. The first kappa shape index (κ1) is 16.2. The fourth-order valence-electron chi connectivity index (χ4n) is 2.60. The summed E-state index contributed by atoms with van der Waals surface area (Å²) in [6.07, 6.45) is -3.52. The zero-order valence-corrected chi connectivity index (χ0v) is 12.1. The quantitative estimate of drug-likeness (QED) is 0.789. The maximum Gasteiger partial charge on any atom is 0.416 e. The van der Waals surface area contributed by atoms with E-state index in [0.29, 0.717) is 18.9 Å². The van der Waals surface area contributed by atoms with Gasteiger partial charge in [-0.3, -0.25) is 0 Å². The second-order valence-electron chi connectivity index (χ2n) is 5.55. The third-order valence-corrected chi connectivity index (χ3v) is 3.89. The molecule has 0 saturated carbocycles. The van der Waals surface area contributed by atoms with Crippen LogP contribution in [0, 0.1) is 5.82 Å². The van der Waals surface area contributed by atoms with E-state index in [-0.39, 0.29) is 5.56 Å². The normalized spacial score (nSPS) is 18.1. The van der Waals surface area contributed by atoms with Crippen LogP contribution < -0.4 is 0 Å². The third kappa shape index (κ3) is 4.68. The van der Waals surface area contributed by atoms with E-state index in [4.69, 9.17) is 0 Å². The molecular formula is C15H20F4N2. The van der Waals surface area contributed by atoms with Crippen LogP contribution in [0.4, 0.5) is 17.6 Å². The summed E-state index contributed by atoms with van der Waals surface area (Å²) in [4.78, 5) is 4.50. The van der Waals surface area contributed by atoms with E-state index in [1.54, 1.807) is 0 Å². The highest BCUT2D eigenvalue weighted by atomic mass is 19.4. The summed E-state index contributed by atoms with van der Waals surface area (Å²) in [6.45, 7) is 4.66. The zero-order valence-electron chi connectivity index (χ0n) is 12.1. The molecule has 0 amide bonds. The molecule has 1 aliphatic rings. The maximum absolute atomic E-state index is 13.0. The number of halogens is 4. The molecule has 1 fully saturated rings. The van der Waals surface area contributed by atoms with Gasteiger partial charge >= 0.3 is 6.18 Å². The lowest BCUT2D eigenvalue weighted by molar-refractivity contribution is -0.138. The molecule has 21 heavy (non-hydrogen) atoms. The number of nitrogens with zero attached hydrogens (tertiary/aromatic N) is 2. The van der Waals surface area contributed by atoms with Crippen LogP contribution in [0.5, 0.6) is 0 Å². The van der Waals surface area contributed by atoms with E-state index < -0.39 is 17.6 Å². The Morgan fingerprint density at radius 3 is 2.38 bits per heavy atom. The SMILES string of the molecule is CN1CCN(CCCc2ccc(F)cc2C(F)(F)F)CC1. The van der Waals surface area contributed by atoms with Crippen molar-refractivity contribution in [3.8, 4) is 0 Å². The number of aryl methyl sites for hydroxylation is 1. The first-order chi connectivity index (χ1) is 9.86. The van der Waals surface area contributed by atoms with Crippen molar-refractivity contribution in [2.75, 3.05) is 39.8 Å². The van der Waals surface area contributed by atoms with Crippen LogP contribution in [-0.4, -0.2) is 49.6 Å². The van der Waals surface area contributed by atoms with Crippen LogP contribution >= 0.6 is 0 Å². The largest absolute Gasteiger partial charge is 0.416 e. The topological polar surface area (TPSA) is 6.48 Å². The lowest BCUT2D eigenvalue weighted by Crippen LogP contribution is -2.44. The molecule has 0 aliphatic carbocycles. The number of hydrogen-bond donors (Lipinski definition) is 0. The number of rotatable bonds is 4. The van der Waals surface area contributed by atoms with E-state index in [1.165, 1.54) is 6.07 Å². The molecule has 1 aromatic rings. The van der Waals surface area contributed by atoms with Gasteiger partial charge in [0.05, 0.1) is 5.56 Å². The summed E-state index contributed by atoms with van der Waals surface area (Å²) in [5.74, 6) is -0.842. The monoisotopic (exact) mass is 304 g/mol. The van der Waals surface area contributed by atoms with E-state index in [9.17, 15) is 17.6 Å². The number of likely N-dealkylation sites (N-methyl/N-ethyl adjacent to an activating group) is 1. The molecule has 118 valence electrons. The molecule has 1 heterocycles. The highest BCUT2D eigenvalue weighted by molar-refractivity contribution is 5.30. The van der Waals surface area contributed by atoms with Crippen LogP contribution in [0.25, 0.3) is 0 Å². The molecule has 2 rings (SSSR count). The molecule has 1 aliphatic heterocycles. The fraction of sp³-hybridized carbons (Fsp3) is 0.600. The van der Waals surface area contributed by atoms with Gasteiger partial charge in [-0.1, -0.05) is 6.07 Å². The van der Waals surface area contributed by atoms with Gasteiger partial charge in [0.25, 0.3) is 0 Å². The summed E-state index contributed by atoms with van der Waals surface area (Å²) in [5, 5.41) is 0. The molecular weight excluding hydrogens is 284 g/mol. The molecule has 1 aromatic carbocycles. The van der Waals surface area contributed by atoms with Gasteiger partial charge in [-0.05, 0) is 44.1 Å². The molecule has 6 heteroatoms. The van der Waals surface area contributed by atoms with E-state index >= 15 is 0 Å². The van der Waals surface area contributed by atoms with Gasteiger partial charge in [0.15, 0.2) is 0 Å². The van der Waals surface area contributed by atoms with E-state index in [1.807, 2.05) is 0 Å². The number of piperazine rings is 1. The summed E-state index contributed by atoms with van der Waals surface area (Å²) in [7, 11) is 2.06. The predicted octanol–water partition coefficient (Wildman–Crippen LogP) is 3.02. The Morgan fingerprint density at radius 2 is 1.76 bits per heavy atom. The van der Waals surface area contributed by atoms with Gasteiger partial charge in [0.2, 0.25) is 0 Å². The van der Waals surface area contributed by atoms with E-state index in [0.717, 1.165) is 38.8 Å². The van der Waals surface area contributed by atoms with Crippen molar-refractivity contribution < 1.29 is 17.6 Å². The maximum atomic E-state index is 13.0. The molecule has 1 saturated heterocycles. The molecule has 0 atom stereocenters. The van der Waals surface area contributed by atoms with Crippen LogP contribution in [0.15, 0.2) is 18.2 Å². The number of hydrogen-bond acceptors (Lipinski definition) is 2. The van der Waals surface area contributed by atoms with Crippen molar-refractivity contribution in [3.63, 3.8) is 0 Å². The molecule has 2 nitrogen and oxygen atoms in total. The Hall–Kier alpha value is -1.14. The summed E-state index contributed by atoms with van der Waals surface area (Å²) < 4.78 is 51.6. The predicted molar refractivity (Wildman–Crippen MR) is 73.7 cm³/mol. The highest BCUT2D eigenvalue weighted by Gasteiger charge is 2.33.